The number of piperidine rings is 1. The van der Waals surface area contributed by atoms with Crippen LogP contribution in [0.2, 0.25) is 0 Å². The number of hydrogen-bond donors (Lipinski definition) is 0. The Bertz CT molecular complexity index is 919. The molecular formula is C22H20ClFN2O2. The summed E-state index contributed by atoms with van der Waals surface area (Å²) in [6.45, 7) is 2.47. The molecule has 0 atom stereocenters. The van der Waals surface area contributed by atoms with Gasteiger partial charge in [-0.2, -0.15) is 0 Å². The third-order valence-corrected chi connectivity index (χ3v) is 5.71. The van der Waals surface area contributed by atoms with E-state index in [1.165, 1.54) is 34.7 Å². The average Bonchev–Trinajstić information content (AvgIpc) is 2.93. The van der Waals surface area contributed by atoms with Gasteiger partial charge in [0, 0.05) is 25.7 Å². The topological polar surface area (TPSA) is 40.6 Å². The van der Waals surface area contributed by atoms with Crippen LogP contribution >= 0.6 is 11.6 Å². The summed E-state index contributed by atoms with van der Waals surface area (Å²) in [5.74, 6) is -1.24. The predicted octanol–water partition coefficient (Wildman–Crippen LogP) is 3.81. The fourth-order valence-corrected chi connectivity index (χ4v) is 4.18. The van der Waals surface area contributed by atoms with Crippen LogP contribution in [-0.4, -0.2) is 40.7 Å². The van der Waals surface area contributed by atoms with Gasteiger partial charge in [0.15, 0.2) is 0 Å². The molecule has 0 bridgehead atoms. The minimum Gasteiger partial charge on any atom is -0.299 e. The van der Waals surface area contributed by atoms with Gasteiger partial charge in [-0.3, -0.25) is 19.4 Å². The SMILES string of the molecule is O=C1C(Cl)=C(c2ccc(F)cc2)C(=O)N1C1CCN(Cc2ccccc2)CC1. The van der Waals surface area contributed by atoms with Crippen molar-refractivity contribution in [1.82, 2.24) is 9.80 Å². The molecule has 4 rings (SSSR count). The van der Waals surface area contributed by atoms with Crippen molar-refractivity contribution in [3.8, 4) is 0 Å². The maximum atomic E-state index is 13.2. The number of rotatable bonds is 4. The summed E-state index contributed by atoms with van der Waals surface area (Å²) < 4.78 is 13.2. The van der Waals surface area contributed by atoms with Crippen molar-refractivity contribution in [2.24, 2.45) is 0 Å². The summed E-state index contributed by atoms with van der Waals surface area (Å²) >= 11 is 6.21. The fraction of sp³-hybridized carbons (Fsp3) is 0.273. The number of likely N-dealkylation sites (tertiary alicyclic amines) is 1. The van der Waals surface area contributed by atoms with E-state index >= 15 is 0 Å². The summed E-state index contributed by atoms with van der Waals surface area (Å²) in [5, 5.41) is -0.0803. The van der Waals surface area contributed by atoms with Crippen LogP contribution in [0.3, 0.4) is 0 Å². The highest BCUT2D eigenvalue weighted by Crippen LogP contribution is 2.35. The third kappa shape index (κ3) is 3.60. The maximum Gasteiger partial charge on any atom is 0.273 e. The van der Waals surface area contributed by atoms with Gasteiger partial charge in [0.05, 0.1) is 5.57 Å². The lowest BCUT2D eigenvalue weighted by molar-refractivity contribution is -0.140. The molecule has 2 aliphatic heterocycles. The summed E-state index contributed by atoms with van der Waals surface area (Å²) in [6, 6.07) is 15.5. The van der Waals surface area contributed by atoms with Crippen LogP contribution in [-0.2, 0) is 16.1 Å². The lowest BCUT2D eigenvalue weighted by atomic mass is 10.0. The van der Waals surface area contributed by atoms with Gasteiger partial charge in [-0.15, -0.1) is 0 Å². The summed E-state index contributed by atoms with van der Waals surface area (Å²) in [4.78, 5) is 29.2. The molecule has 2 aromatic rings. The van der Waals surface area contributed by atoms with E-state index in [-0.39, 0.29) is 22.6 Å². The predicted molar refractivity (Wildman–Crippen MR) is 106 cm³/mol. The van der Waals surface area contributed by atoms with E-state index in [1.807, 2.05) is 18.2 Å². The molecule has 2 heterocycles. The normalized spacial score (nSPS) is 19.0. The first-order valence-corrected chi connectivity index (χ1v) is 9.72. The summed E-state index contributed by atoms with van der Waals surface area (Å²) in [6.07, 6.45) is 1.43. The molecular weight excluding hydrogens is 379 g/mol. The fourth-order valence-electron chi connectivity index (χ4n) is 3.89. The molecule has 0 aromatic heterocycles. The zero-order chi connectivity index (χ0) is 19.7. The van der Waals surface area contributed by atoms with Crippen molar-refractivity contribution in [2.45, 2.75) is 25.4 Å². The minimum atomic E-state index is -0.451. The zero-order valence-electron chi connectivity index (χ0n) is 15.3. The third-order valence-electron chi connectivity index (χ3n) is 5.36. The molecule has 144 valence electrons. The monoisotopic (exact) mass is 398 g/mol. The van der Waals surface area contributed by atoms with E-state index in [1.54, 1.807) is 0 Å². The number of amides is 2. The summed E-state index contributed by atoms with van der Waals surface area (Å²) in [5.41, 5.74) is 1.88. The highest BCUT2D eigenvalue weighted by molar-refractivity contribution is 6.55. The number of imide groups is 1. The molecule has 0 spiro atoms. The number of nitrogens with zero attached hydrogens (tertiary/aromatic N) is 2. The van der Waals surface area contributed by atoms with Crippen LogP contribution in [0, 0.1) is 5.82 Å². The standard InChI is InChI=1S/C22H20ClFN2O2/c23-20-19(16-6-8-17(24)9-7-16)21(27)26(22(20)28)18-10-12-25(13-11-18)14-15-4-2-1-3-5-15/h1-9,18H,10-14H2. The van der Waals surface area contributed by atoms with Crippen LogP contribution in [0.25, 0.3) is 5.57 Å². The number of hydrogen-bond acceptors (Lipinski definition) is 3. The van der Waals surface area contributed by atoms with E-state index < -0.39 is 11.7 Å². The Kier molecular flexibility index (Phi) is 5.29. The lowest BCUT2D eigenvalue weighted by Crippen LogP contribution is -2.47. The van der Waals surface area contributed by atoms with E-state index in [0.29, 0.717) is 18.4 Å². The number of halogens is 2. The van der Waals surface area contributed by atoms with Crippen LogP contribution in [0.5, 0.6) is 0 Å². The Balaban J connectivity index is 1.44. The van der Waals surface area contributed by atoms with E-state index in [0.717, 1.165) is 19.6 Å². The molecule has 28 heavy (non-hydrogen) atoms. The van der Waals surface area contributed by atoms with Gasteiger partial charge < -0.3 is 0 Å². The first-order valence-electron chi connectivity index (χ1n) is 9.34. The maximum absolute atomic E-state index is 13.2. The molecule has 0 radical (unpaired) electrons. The van der Waals surface area contributed by atoms with E-state index in [2.05, 4.69) is 17.0 Å². The van der Waals surface area contributed by atoms with Crippen LogP contribution < -0.4 is 0 Å². The molecule has 1 fully saturated rings. The van der Waals surface area contributed by atoms with Crippen LogP contribution in [0.4, 0.5) is 4.39 Å². The molecule has 0 N–H and O–H groups in total. The highest BCUT2D eigenvalue weighted by atomic mass is 35.5. The Hall–Kier alpha value is -2.50. The van der Waals surface area contributed by atoms with Gasteiger partial charge >= 0.3 is 0 Å². The average molecular weight is 399 g/mol. The van der Waals surface area contributed by atoms with Crippen molar-refractivity contribution >= 4 is 29.0 Å². The highest BCUT2D eigenvalue weighted by Gasteiger charge is 2.42. The Labute approximate surface area is 168 Å². The van der Waals surface area contributed by atoms with Crippen molar-refractivity contribution in [3.05, 3.63) is 76.6 Å². The van der Waals surface area contributed by atoms with Crippen molar-refractivity contribution < 1.29 is 14.0 Å². The quantitative estimate of drug-likeness (QED) is 0.735. The largest absolute Gasteiger partial charge is 0.299 e. The first-order chi connectivity index (χ1) is 13.5. The molecule has 0 aliphatic carbocycles. The molecule has 6 heteroatoms. The molecule has 2 aromatic carbocycles. The minimum absolute atomic E-state index is 0.0803. The zero-order valence-corrected chi connectivity index (χ0v) is 16.0. The van der Waals surface area contributed by atoms with Crippen LogP contribution in [0.1, 0.15) is 24.0 Å². The lowest BCUT2D eigenvalue weighted by Gasteiger charge is -2.35. The van der Waals surface area contributed by atoms with Crippen molar-refractivity contribution in [3.63, 3.8) is 0 Å². The van der Waals surface area contributed by atoms with E-state index in [4.69, 9.17) is 11.6 Å². The number of benzene rings is 2. The molecule has 4 nitrogen and oxygen atoms in total. The van der Waals surface area contributed by atoms with Gasteiger partial charge in [0.1, 0.15) is 10.8 Å². The summed E-state index contributed by atoms with van der Waals surface area (Å²) in [7, 11) is 0. The Morgan fingerprint density at radius 2 is 1.57 bits per heavy atom. The van der Waals surface area contributed by atoms with Gasteiger partial charge in [-0.1, -0.05) is 54.1 Å². The van der Waals surface area contributed by atoms with Crippen molar-refractivity contribution in [1.29, 1.82) is 0 Å². The number of carbonyl (C=O) groups excluding carboxylic acids is 2. The Morgan fingerprint density at radius 3 is 2.21 bits per heavy atom. The van der Waals surface area contributed by atoms with Crippen molar-refractivity contribution in [2.75, 3.05) is 13.1 Å². The molecule has 2 aliphatic rings. The second kappa shape index (κ2) is 7.86. The van der Waals surface area contributed by atoms with Gasteiger partial charge in [-0.25, -0.2) is 4.39 Å². The van der Waals surface area contributed by atoms with Gasteiger partial charge in [0.2, 0.25) is 0 Å². The Morgan fingerprint density at radius 1 is 0.929 bits per heavy atom. The molecule has 0 saturated carbocycles. The van der Waals surface area contributed by atoms with E-state index in [9.17, 15) is 14.0 Å². The molecule has 2 amide bonds. The number of carbonyl (C=O) groups is 2. The van der Waals surface area contributed by atoms with Crippen LogP contribution in [0.15, 0.2) is 59.6 Å². The molecule has 1 saturated heterocycles. The second-order valence-corrected chi connectivity index (χ2v) is 7.55. The van der Waals surface area contributed by atoms with Gasteiger partial charge in [0.25, 0.3) is 11.8 Å². The second-order valence-electron chi connectivity index (χ2n) is 7.17. The van der Waals surface area contributed by atoms with Gasteiger partial charge in [-0.05, 0) is 36.1 Å². The smallest absolute Gasteiger partial charge is 0.273 e. The first kappa shape index (κ1) is 18.8. The molecule has 0 unspecified atom stereocenters.